The summed E-state index contributed by atoms with van der Waals surface area (Å²) in [6, 6.07) is 6.11. The molecule has 8 heteroatoms. The van der Waals surface area contributed by atoms with Gasteiger partial charge in [0.1, 0.15) is 18.3 Å². The van der Waals surface area contributed by atoms with Crippen LogP contribution in [0.2, 0.25) is 0 Å². The van der Waals surface area contributed by atoms with E-state index in [0.717, 1.165) is 20.9 Å². The lowest BCUT2D eigenvalue weighted by atomic mass is 10.2. The molecule has 0 fully saturated rings. The van der Waals surface area contributed by atoms with E-state index in [4.69, 9.17) is 5.73 Å². The number of thiazole rings is 1. The maximum atomic E-state index is 6.19. The second-order valence-electron chi connectivity index (χ2n) is 5.00. The maximum absolute atomic E-state index is 6.19. The SMILES string of the molecule is Cc1cccc2sc(Nc3ncnc(-n4ccnc4)c3N)nc12. The van der Waals surface area contributed by atoms with Gasteiger partial charge in [-0.1, -0.05) is 23.5 Å². The van der Waals surface area contributed by atoms with E-state index >= 15 is 0 Å². The van der Waals surface area contributed by atoms with Crippen molar-refractivity contribution in [3.63, 3.8) is 0 Å². The van der Waals surface area contributed by atoms with Gasteiger partial charge >= 0.3 is 0 Å². The number of para-hydroxylation sites is 1. The topological polar surface area (TPSA) is 94.5 Å². The molecular weight excluding hydrogens is 310 g/mol. The van der Waals surface area contributed by atoms with Crippen molar-refractivity contribution in [1.82, 2.24) is 24.5 Å². The number of nitrogen functional groups attached to an aromatic ring is 1. The number of nitrogens with two attached hydrogens (primary N) is 1. The minimum atomic E-state index is 0.446. The van der Waals surface area contributed by atoms with E-state index in [1.165, 1.54) is 6.33 Å². The van der Waals surface area contributed by atoms with Gasteiger partial charge in [0.05, 0.1) is 10.2 Å². The predicted octanol–water partition coefficient (Wildman–Crippen LogP) is 2.91. The summed E-state index contributed by atoms with van der Waals surface area (Å²) in [5.41, 5.74) is 8.76. The Bertz CT molecular complexity index is 975. The largest absolute Gasteiger partial charge is 0.393 e. The van der Waals surface area contributed by atoms with Gasteiger partial charge < -0.3 is 11.1 Å². The van der Waals surface area contributed by atoms with Crippen molar-refractivity contribution in [3.05, 3.63) is 48.8 Å². The zero-order valence-corrected chi connectivity index (χ0v) is 13.1. The Balaban J connectivity index is 1.73. The van der Waals surface area contributed by atoms with Crippen molar-refractivity contribution in [3.8, 4) is 5.82 Å². The molecule has 0 aliphatic rings. The molecule has 23 heavy (non-hydrogen) atoms. The Morgan fingerprint density at radius 3 is 2.96 bits per heavy atom. The summed E-state index contributed by atoms with van der Waals surface area (Å²) in [6.07, 6.45) is 6.56. The number of nitrogens with one attached hydrogen (secondary N) is 1. The van der Waals surface area contributed by atoms with Crippen molar-refractivity contribution >= 4 is 38.2 Å². The second-order valence-corrected chi connectivity index (χ2v) is 6.03. The lowest BCUT2D eigenvalue weighted by Crippen LogP contribution is -2.06. The fourth-order valence-electron chi connectivity index (χ4n) is 2.32. The van der Waals surface area contributed by atoms with Crippen LogP contribution in [0.5, 0.6) is 0 Å². The average Bonchev–Trinajstić information content (AvgIpc) is 3.19. The molecule has 3 heterocycles. The number of hydrogen-bond acceptors (Lipinski definition) is 7. The third kappa shape index (κ3) is 2.38. The number of anilines is 3. The maximum Gasteiger partial charge on any atom is 0.189 e. The molecule has 0 bridgehead atoms. The van der Waals surface area contributed by atoms with Crippen LogP contribution in [0.25, 0.3) is 16.0 Å². The summed E-state index contributed by atoms with van der Waals surface area (Å²) < 4.78 is 2.86. The summed E-state index contributed by atoms with van der Waals surface area (Å²) in [4.78, 5) is 17.1. The minimum absolute atomic E-state index is 0.446. The highest BCUT2D eigenvalue weighted by Gasteiger charge is 2.12. The van der Waals surface area contributed by atoms with Crippen LogP contribution in [0.15, 0.2) is 43.2 Å². The van der Waals surface area contributed by atoms with Gasteiger partial charge in [0.15, 0.2) is 16.8 Å². The van der Waals surface area contributed by atoms with Crippen LogP contribution in [0.1, 0.15) is 5.56 Å². The fourth-order valence-corrected chi connectivity index (χ4v) is 3.26. The standard InChI is InChI=1S/C15H13N7S/c1-9-3-2-4-10-12(9)20-15(23-10)21-13-11(16)14(19-7-18-13)22-6-5-17-8-22/h2-8H,16H2,1H3,(H,18,19,20,21). The molecule has 0 aliphatic carbocycles. The molecule has 0 spiro atoms. The van der Waals surface area contributed by atoms with Gasteiger partial charge in [-0.25, -0.2) is 19.9 Å². The molecule has 0 radical (unpaired) electrons. The third-order valence-corrected chi connectivity index (χ3v) is 4.39. The van der Waals surface area contributed by atoms with Crippen LogP contribution in [0, 0.1) is 6.92 Å². The summed E-state index contributed by atoms with van der Waals surface area (Å²) in [5.74, 6) is 1.11. The molecule has 7 nitrogen and oxygen atoms in total. The van der Waals surface area contributed by atoms with E-state index in [2.05, 4.69) is 25.3 Å². The number of nitrogens with zero attached hydrogens (tertiary/aromatic N) is 5. The van der Waals surface area contributed by atoms with Gasteiger partial charge in [0, 0.05) is 12.4 Å². The minimum Gasteiger partial charge on any atom is -0.393 e. The molecule has 0 amide bonds. The highest BCUT2D eigenvalue weighted by atomic mass is 32.1. The quantitative estimate of drug-likeness (QED) is 0.602. The Morgan fingerprint density at radius 2 is 2.17 bits per heavy atom. The summed E-state index contributed by atoms with van der Waals surface area (Å²) in [7, 11) is 0. The third-order valence-electron chi connectivity index (χ3n) is 3.46. The molecule has 1 aromatic carbocycles. The van der Waals surface area contributed by atoms with Crippen LogP contribution in [0.3, 0.4) is 0 Å². The van der Waals surface area contributed by atoms with Crippen LogP contribution in [-0.2, 0) is 0 Å². The number of aryl methyl sites for hydroxylation is 1. The fraction of sp³-hybridized carbons (Fsp3) is 0.0667. The molecule has 0 unspecified atom stereocenters. The van der Waals surface area contributed by atoms with Gasteiger partial charge in [-0.15, -0.1) is 0 Å². The Morgan fingerprint density at radius 1 is 1.26 bits per heavy atom. The number of fused-ring (bicyclic) bond motifs is 1. The van der Waals surface area contributed by atoms with Gasteiger partial charge in [-0.3, -0.25) is 4.57 Å². The zero-order valence-electron chi connectivity index (χ0n) is 12.3. The van der Waals surface area contributed by atoms with Gasteiger partial charge in [0.2, 0.25) is 0 Å². The number of aromatic nitrogens is 5. The van der Waals surface area contributed by atoms with Crippen LogP contribution >= 0.6 is 11.3 Å². The average molecular weight is 323 g/mol. The van der Waals surface area contributed by atoms with E-state index < -0.39 is 0 Å². The van der Waals surface area contributed by atoms with E-state index in [-0.39, 0.29) is 0 Å². The van der Waals surface area contributed by atoms with E-state index in [9.17, 15) is 0 Å². The van der Waals surface area contributed by atoms with Crippen LogP contribution in [0.4, 0.5) is 16.6 Å². The molecule has 0 aliphatic heterocycles. The van der Waals surface area contributed by atoms with Crippen LogP contribution < -0.4 is 11.1 Å². The first-order chi connectivity index (χ1) is 11.2. The Labute approximate surface area is 135 Å². The predicted molar refractivity (Wildman–Crippen MR) is 91.2 cm³/mol. The molecule has 4 aromatic rings. The van der Waals surface area contributed by atoms with E-state index in [0.29, 0.717) is 17.3 Å². The van der Waals surface area contributed by atoms with Crippen molar-refractivity contribution in [1.29, 1.82) is 0 Å². The lowest BCUT2D eigenvalue weighted by molar-refractivity contribution is 0.977. The van der Waals surface area contributed by atoms with Gasteiger partial charge in [-0.05, 0) is 18.6 Å². The first-order valence-electron chi connectivity index (χ1n) is 6.94. The van der Waals surface area contributed by atoms with Crippen molar-refractivity contribution in [2.75, 3.05) is 11.1 Å². The Hall–Kier alpha value is -3.00. The van der Waals surface area contributed by atoms with E-state index in [1.54, 1.807) is 34.6 Å². The number of rotatable bonds is 3. The van der Waals surface area contributed by atoms with Gasteiger partial charge in [-0.2, -0.15) is 0 Å². The first-order valence-corrected chi connectivity index (χ1v) is 7.76. The monoisotopic (exact) mass is 323 g/mol. The molecule has 4 rings (SSSR count). The smallest absolute Gasteiger partial charge is 0.189 e. The summed E-state index contributed by atoms with van der Waals surface area (Å²) in [5, 5.41) is 3.94. The summed E-state index contributed by atoms with van der Waals surface area (Å²) in [6.45, 7) is 2.04. The van der Waals surface area contributed by atoms with Crippen LogP contribution in [-0.4, -0.2) is 24.5 Å². The number of benzene rings is 1. The number of imidazole rings is 1. The second kappa shape index (κ2) is 5.33. The molecule has 3 aromatic heterocycles. The number of hydrogen-bond donors (Lipinski definition) is 2. The highest BCUT2D eigenvalue weighted by Crippen LogP contribution is 2.31. The molecule has 0 saturated carbocycles. The normalized spacial score (nSPS) is 11.0. The molecule has 0 saturated heterocycles. The molecule has 3 N–H and O–H groups in total. The molecular formula is C15H13N7S. The first kappa shape index (κ1) is 13.6. The van der Waals surface area contributed by atoms with Crippen molar-refractivity contribution in [2.45, 2.75) is 6.92 Å². The summed E-state index contributed by atoms with van der Waals surface area (Å²) >= 11 is 1.56. The van der Waals surface area contributed by atoms with Crippen molar-refractivity contribution < 1.29 is 0 Å². The van der Waals surface area contributed by atoms with Gasteiger partial charge in [0.25, 0.3) is 0 Å². The lowest BCUT2D eigenvalue weighted by Gasteiger charge is -2.09. The van der Waals surface area contributed by atoms with Crippen molar-refractivity contribution in [2.24, 2.45) is 0 Å². The Kier molecular flexibility index (Phi) is 3.16. The van der Waals surface area contributed by atoms with E-state index in [1.807, 2.05) is 25.1 Å². The molecule has 0 atom stereocenters. The molecule has 114 valence electrons. The zero-order chi connectivity index (χ0) is 15.8. The highest BCUT2D eigenvalue weighted by molar-refractivity contribution is 7.22.